The van der Waals surface area contributed by atoms with Crippen molar-refractivity contribution in [3.05, 3.63) is 17.6 Å². The van der Waals surface area contributed by atoms with Crippen molar-refractivity contribution in [1.29, 1.82) is 0 Å². The number of fused-ring (bicyclic) bond motifs is 1. The Balaban J connectivity index is 2.23. The van der Waals surface area contributed by atoms with Crippen LogP contribution in [-0.2, 0) is 12.8 Å². The highest BCUT2D eigenvalue weighted by atomic mass is 16.4. The SMILES string of the molecule is CC(C)CN(CCC(N)=NO)c1ncnc2c1CCCC2. The van der Waals surface area contributed by atoms with Crippen molar-refractivity contribution >= 4 is 11.7 Å². The normalized spacial score (nSPS) is 15.1. The number of anilines is 1. The van der Waals surface area contributed by atoms with Crippen LogP contribution < -0.4 is 10.6 Å². The van der Waals surface area contributed by atoms with Crippen LogP contribution in [0.3, 0.4) is 0 Å². The highest BCUT2D eigenvalue weighted by molar-refractivity contribution is 5.80. The zero-order chi connectivity index (χ0) is 15.2. The van der Waals surface area contributed by atoms with E-state index in [1.165, 1.54) is 24.1 Å². The van der Waals surface area contributed by atoms with Crippen molar-refractivity contribution in [3.63, 3.8) is 0 Å². The fourth-order valence-electron chi connectivity index (χ4n) is 2.80. The summed E-state index contributed by atoms with van der Waals surface area (Å²) in [6.45, 7) is 5.98. The zero-order valence-electron chi connectivity index (χ0n) is 12.9. The van der Waals surface area contributed by atoms with Gasteiger partial charge in [-0.3, -0.25) is 0 Å². The van der Waals surface area contributed by atoms with E-state index in [9.17, 15) is 0 Å². The van der Waals surface area contributed by atoms with Gasteiger partial charge in [-0.1, -0.05) is 19.0 Å². The lowest BCUT2D eigenvalue weighted by Gasteiger charge is -2.29. The minimum absolute atomic E-state index is 0.256. The number of aryl methyl sites for hydroxylation is 1. The number of nitrogens with zero attached hydrogens (tertiary/aromatic N) is 4. The maximum Gasteiger partial charge on any atom is 0.140 e. The molecule has 3 N–H and O–H groups in total. The van der Waals surface area contributed by atoms with E-state index in [0.29, 0.717) is 18.9 Å². The van der Waals surface area contributed by atoms with Crippen molar-refractivity contribution in [1.82, 2.24) is 9.97 Å². The van der Waals surface area contributed by atoms with Gasteiger partial charge >= 0.3 is 0 Å². The Morgan fingerprint density at radius 3 is 2.86 bits per heavy atom. The fraction of sp³-hybridized carbons (Fsp3) is 0.667. The predicted molar refractivity (Wildman–Crippen MR) is 83.8 cm³/mol. The first kappa shape index (κ1) is 15.5. The molecular formula is C15H25N5O. The summed E-state index contributed by atoms with van der Waals surface area (Å²) in [6, 6.07) is 0. The second-order valence-corrected chi connectivity index (χ2v) is 6.01. The molecule has 0 amide bonds. The Morgan fingerprint density at radius 2 is 2.14 bits per heavy atom. The first-order valence-corrected chi connectivity index (χ1v) is 7.66. The molecule has 1 aliphatic rings. The molecule has 21 heavy (non-hydrogen) atoms. The summed E-state index contributed by atoms with van der Waals surface area (Å²) in [5.74, 6) is 1.80. The largest absolute Gasteiger partial charge is 0.409 e. The summed E-state index contributed by atoms with van der Waals surface area (Å²) in [4.78, 5) is 11.2. The maximum absolute atomic E-state index is 8.71. The monoisotopic (exact) mass is 291 g/mol. The van der Waals surface area contributed by atoms with Crippen LogP contribution in [0.15, 0.2) is 11.5 Å². The van der Waals surface area contributed by atoms with E-state index in [0.717, 1.165) is 25.2 Å². The minimum atomic E-state index is 0.256. The van der Waals surface area contributed by atoms with E-state index in [-0.39, 0.29) is 5.84 Å². The van der Waals surface area contributed by atoms with Gasteiger partial charge in [0.25, 0.3) is 0 Å². The van der Waals surface area contributed by atoms with E-state index >= 15 is 0 Å². The summed E-state index contributed by atoms with van der Waals surface area (Å²) < 4.78 is 0. The molecule has 0 radical (unpaired) electrons. The van der Waals surface area contributed by atoms with Gasteiger partial charge in [0.05, 0.1) is 0 Å². The Hall–Kier alpha value is -1.85. The molecule has 1 aromatic rings. The third kappa shape index (κ3) is 4.06. The molecule has 1 heterocycles. The lowest BCUT2D eigenvalue weighted by molar-refractivity contribution is 0.317. The lowest BCUT2D eigenvalue weighted by atomic mass is 9.96. The van der Waals surface area contributed by atoms with Gasteiger partial charge in [0, 0.05) is 30.8 Å². The average molecular weight is 291 g/mol. The number of amidine groups is 1. The van der Waals surface area contributed by atoms with Crippen LogP contribution >= 0.6 is 0 Å². The molecule has 6 nitrogen and oxygen atoms in total. The number of hydrogen-bond donors (Lipinski definition) is 2. The van der Waals surface area contributed by atoms with Crippen molar-refractivity contribution in [2.75, 3.05) is 18.0 Å². The smallest absolute Gasteiger partial charge is 0.140 e. The first-order chi connectivity index (χ1) is 10.1. The number of nitrogens with two attached hydrogens (primary N) is 1. The molecule has 2 rings (SSSR count). The molecule has 116 valence electrons. The third-order valence-corrected chi connectivity index (χ3v) is 3.75. The summed E-state index contributed by atoms with van der Waals surface area (Å²) in [5.41, 5.74) is 8.07. The highest BCUT2D eigenvalue weighted by Gasteiger charge is 2.20. The molecule has 0 unspecified atom stereocenters. The number of aromatic nitrogens is 2. The molecule has 0 aliphatic heterocycles. The summed E-state index contributed by atoms with van der Waals surface area (Å²) in [5, 5.41) is 11.8. The van der Waals surface area contributed by atoms with Crippen LogP contribution in [0.5, 0.6) is 0 Å². The molecule has 0 saturated heterocycles. The lowest BCUT2D eigenvalue weighted by Crippen LogP contribution is -2.33. The quantitative estimate of drug-likeness (QED) is 0.362. The predicted octanol–water partition coefficient (Wildman–Crippen LogP) is 1.95. The summed E-state index contributed by atoms with van der Waals surface area (Å²) in [6.07, 6.45) is 6.68. The maximum atomic E-state index is 8.71. The van der Waals surface area contributed by atoms with Crippen molar-refractivity contribution in [3.8, 4) is 0 Å². The Bertz CT molecular complexity index is 501. The molecule has 0 bridgehead atoms. The summed E-state index contributed by atoms with van der Waals surface area (Å²) >= 11 is 0. The first-order valence-electron chi connectivity index (χ1n) is 7.66. The highest BCUT2D eigenvalue weighted by Crippen LogP contribution is 2.27. The Morgan fingerprint density at radius 1 is 1.38 bits per heavy atom. The molecule has 0 fully saturated rings. The fourth-order valence-corrected chi connectivity index (χ4v) is 2.80. The van der Waals surface area contributed by atoms with Gasteiger partial charge in [-0.05, 0) is 31.6 Å². The van der Waals surface area contributed by atoms with Gasteiger partial charge in [0.2, 0.25) is 0 Å². The van der Waals surface area contributed by atoms with Crippen molar-refractivity contribution in [2.24, 2.45) is 16.8 Å². The molecule has 1 aliphatic carbocycles. The van der Waals surface area contributed by atoms with E-state index in [2.05, 4.69) is 33.9 Å². The second kappa shape index (κ2) is 7.24. The molecule has 0 atom stereocenters. The van der Waals surface area contributed by atoms with Gasteiger partial charge in [0.15, 0.2) is 0 Å². The molecule has 1 aromatic heterocycles. The van der Waals surface area contributed by atoms with Gasteiger partial charge < -0.3 is 15.8 Å². The van der Waals surface area contributed by atoms with Crippen molar-refractivity contribution in [2.45, 2.75) is 46.0 Å². The van der Waals surface area contributed by atoms with E-state index in [4.69, 9.17) is 10.9 Å². The molecular weight excluding hydrogens is 266 g/mol. The number of oxime groups is 1. The van der Waals surface area contributed by atoms with Crippen LogP contribution in [0.4, 0.5) is 5.82 Å². The minimum Gasteiger partial charge on any atom is -0.409 e. The Labute approximate surface area is 126 Å². The van der Waals surface area contributed by atoms with Gasteiger partial charge in [-0.25, -0.2) is 9.97 Å². The summed E-state index contributed by atoms with van der Waals surface area (Å²) in [7, 11) is 0. The van der Waals surface area contributed by atoms with Gasteiger partial charge in [0.1, 0.15) is 18.0 Å². The van der Waals surface area contributed by atoms with Crippen LogP contribution in [0.1, 0.15) is 44.4 Å². The zero-order valence-corrected chi connectivity index (χ0v) is 12.9. The average Bonchev–Trinajstić information content (AvgIpc) is 2.50. The number of hydrogen-bond acceptors (Lipinski definition) is 5. The van der Waals surface area contributed by atoms with Gasteiger partial charge in [-0.15, -0.1) is 0 Å². The van der Waals surface area contributed by atoms with Crippen LogP contribution in [-0.4, -0.2) is 34.1 Å². The van der Waals surface area contributed by atoms with Crippen molar-refractivity contribution < 1.29 is 5.21 Å². The van der Waals surface area contributed by atoms with E-state index in [1.807, 2.05) is 0 Å². The van der Waals surface area contributed by atoms with E-state index in [1.54, 1.807) is 6.33 Å². The van der Waals surface area contributed by atoms with Crippen LogP contribution in [0.2, 0.25) is 0 Å². The van der Waals surface area contributed by atoms with Gasteiger partial charge in [-0.2, -0.15) is 0 Å². The molecule has 0 spiro atoms. The van der Waals surface area contributed by atoms with Crippen LogP contribution in [0.25, 0.3) is 0 Å². The third-order valence-electron chi connectivity index (χ3n) is 3.75. The van der Waals surface area contributed by atoms with E-state index < -0.39 is 0 Å². The number of rotatable bonds is 6. The molecule has 6 heteroatoms. The second-order valence-electron chi connectivity index (χ2n) is 6.01. The molecule has 0 saturated carbocycles. The molecule has 0 aromatic carbocycles. The topological polar surface area (TPSA) is 87.6 Å². The standard InChI is InChI=1S/C15H25N5O/c1-11(2)9-20(8-7-14(16)19-21)15-12-5-3-4-6-13(12)17-10-18-15/h10-11,21H,3-9H2,1-2H3,(H2,16,19). The van der Waals surface area contributed by atoms with Crippen LogP contribution in [0, 0.1) is 5.92 Å². The Kier molecular flexibility index (Phi) is 5.36.